The molecule has 1 aliphatic heterocycles. The van der Waals surface area contributed by atoms with E-state index >= 15 is 0 Å². The van der Waals surface area contributed by atoms with Gasteiger partial charge in [-0.25, -0.2) is 0 Å². The fraction of sp³-hybridized carbons (Fsp3) is 0.812. The molecule has 0 spiro atoms. The van der Waals surface area contributed by atoms with Crippen molar-refractivity contribution in [3.8, 4) is 0 Å². The first-order chi connectivity index (χ1) is 10.1. The van der Waals surface area contributed by atoms with Crippen LogP contribution in [-0.2, 0) is 4.74 Å². The highest BCUT2D eigenvalue weighted by Crippen LogP contribution is 2.64. The molecule has 4 atom stereocenters. The molecule has 0 N–H and O–H groups in total. The van der Waals surface area contributed by atoms with Crippen LogP contribution in [0.1, 0.15) is 44.3 Å². The monoisotopic (exact) mass is 401 g/mol. The second kappa shape index (κ2) is 5.49. The molecule has 4 nitrogen and oxygen atoms in total. The molecule has 21 heavy (non-hydrogen) atoms. The smallest absolute Gasteiger partial charge is 0.123 e. The van der Waals surface area contributed by atoms with Crippen molar-refractivity contribution in [3.63, 3.8) is 0 Å². The summed E-state index contributed by atoms with van der Waals surface area (Å²) < 4.78 is 8.88. The van der Waals surface area contributed by atoms with Crippen LogP contribution in [0.2, 0.25) is 0 Å². The van der Waals surface area contributed by atoms with Gasteiger partial charge in [-0.05, 0) is 67.2 Å². The highest BCUT2D eigenvalue weighted by atomic mass is 127. The van der Waals surface area contributed by atoms with Crippen LogP contribution in [0.4, 0.5) is 0 Å². The number of morpholine rings is 1. The van der Waals surface area contributed by atoms with Gasteiger partial charge in [0.05, 0.1) is 13.2 Å². The summed E-state index contributed by atoms with van der Waals surface area (Å²) in [4.78, 5) is 2.66. The topological polar surface area (TPSA) is 30.3 Å². The van der Waals surface area contributed by atoms with E-state index in [1.807, 2.05) is 0 Å². The number of ether oxygens (including phenoxy) is 1. The maximum absolute atomic E-state index is 5.48. The zero-order chi connectivity index (χ0) is 14.6. The van der Waals surface area contributed by atoms with E-state index in [4.69, 9.17) is 4.74 Å². The van der Waals surface area contributed by atoms with Crippen molar-refractivity contribution < 1.29 is 4.74 Å². The molecule has 1 saturated heterocycles. The molecular formula is C16H24IN3O. The molecule has 5 heteroatoms. The molecule has 116 valence electrons. The molecule has 2 aliphatic carbocycles. The first-order valence-corrected chi connectivity index (χ1v) is 9.29. The van der Waals surface area contributed by atoms with Crippen molar-refractivity contribution in [2.45, 2.75) is 44.7 Å². The maximum atomic E-state index is 5.48. The lowest BCUT2D eigenvalue weighted by molar-refractivity contribution is 0.0151. The van der Waals surface area contributed by atoms with E-state index in [1.54, 1.807) is 0 Å². The Bertz CT molecular complexity index is 512. The first kappa shape index (κ1) is 14.5. The summed E-state index contributed by atoms with van der Waals surface area (Å²) in [6.45, 7) is 8.59. The predicted octanol–water partition coefficient (Wildman–Crippen LogP) is 2.89. The van der Waals surface area contributed by atoms with Crippen molar-refractivity contribution in [2.24, 2.45) is 11.8 Å². The minimum absolute atomic E-state index is 0.472. The molecule has 1 aromatic rings. The van der Waals surface area contributed by atoms with Gasteiger partial charge < -0.3 is 4.74 Å². The van der Waals surface area contributed by atoms with Crippen LogP contribution in [0.15, 0.2) is 6.07 Å². The van der Waals surface area contributed by atoms with Crippen molar-refractivity contribution in [1.29, 1.82) is 0 Å². The van der Waals surface area contributed by atoms with E-state index in [2.05, 4.69) is 57.2 Å². The van der Waals surface area contributed by atoms with Gasteiger partial charge in [0.1, 0.15) is 3.70 Å². The molecule has 1 aromatic heterocycles. The average Bonchev–Trinajstić information content (AvgIpc) is 2.86. The Morgan fingerprint density at radius 2 is 1.90 bits per heavy atom. The van der Waals surface area contributed by atoms with Gasteiger partial charge in [0.15, 0.2) is 0 Å². The number of hydrogen-bond donors (Lipinski definition) is 0. The van der Waals surface area contributed by atoms with Gasteiger partial charge in [-0.1, -0.05) is 0 Å². The first-order valence-electron chi connectivity index (χ1n) is 8.22. The molecule has 2 unspecified atom stereocenters. The Kier molecular flexibility index (Phi) is 3.78. The van der Waals surface area contributed by atoms with Gasteiger partial charge in [-0.3, -0.25) is 9.58 Å². The largest absolute Gasteiger partial charge is 0.379 e. The van der Waals surface area contributed by atoms with E-state index in [0.29, 0.717) is 6.04 Å². The summed E-state index contributed by atoms with van der Waals surface area (Å²) >= 11 is 2.35. The van der Waals surface area contributed by atoms with Crippen LogP contribution in [-0.4, -0.2) is 47.0 Å². The van der Waals surface area contributed by atoms with Gasteiger partial charge in [-0.15, -0.1) is 0 Å². The zero-order valence-electron chi connectivity index (χ0n) is 12.8. The third-order valence-corrected chi connectivity index (χ3v) is 6.07. The van der Waals surface area contributed by atoms with Crippen LogP contribution in [0.5, 0.6) is 0 Å². The van der Waals surface area contributed by atoms with Crippen molar-refractivity contribution in [3.05, 3.63) is 15.5 Å². The molecule has 0 aromatic carbocycles. The summed E-state index contributed by atoms with van der Waals surface area (Å²) in [5, 5.41) is 4.68. The number of halogens is 1. The van der Waals surface area contributed by atoms with Crippen molar-refractivity contribution in [1.82, 2.24) is 14.7 Å². The van der Waals surface area contributed by atoms with E-state index < -0.39 is 0 Å². The summed E-state index contributed by atoms with van der Waals surface area (Å²) in [7, 11) is 0. The minimum Gasteiger partial charge on any atom is -0.379 e. The molecule has 3 aliphatic rings. The SMILES string of the molecule is CC(C)n1nc(I)cc1C1[C@H]2CC(N3CCOCC3)C[C@@H]12. The average molecular weight is 401 g/mol. The van der Waals surface area contributed by atoms with Crippen molar-refractivity contribution in [2.75, 3.05) is 26.3 Å². The maximum Gasteiger partial charge on any atom is 0.123 e. The van der Waals surface area contributed by atoms with Crippen LogP contribution < -0.4 is 0 Å². The number of rotatable bonds is 3. The number of hydrogen-bond acceptors (Lipinski definition) is 3. The lowest BCUT2D eigenvalue weighted by Gasteiger charge is -2.33. The third-order valence-electron chi connectivity index (χ3n) is 5.55. The van der Waals surface area contributed by atoms with Crippen LogP contribution in [0.25, 0.3) is 0 Å². The molecule has 0 radical (unpaired) electrons. The van der Waals surface area contributed by atoms with Crippen LogP contribution >= 0.6 is 22.6 Å². The summed E-state index contributed by atoms with van der Waals surface area (Å²) in [5.74, 6) is 2.59. The third kappa shape index (κ3) is 2.55. The fourth-order valence-corrected chi connectivity index (χ4v) is 5.08. The highest BCUT2D eigenvalue weighted by molar-refractivity contribution is 14.1. The standard InChI is InChI=1S/C16H24IN3O/c1-10(2)20-14(9-15(17)18-20)16-12-7-11(8-13(12)16)19-3-5-21-6-4-19/h9-13,16H,3-8H2,1-2H3/t11?,12-,13+,16?. The van der Waals surface area contributed by atoms with E-state index in [1.165, 1.54) is 18.5 Å². The summed E-state index contributed by atoms with van der Waals surface area (Å²) in [5.41, 5.74) is 1.49. The number of fused-ring (bicyclic) bond motifs is 1. The zero-order valence-corrected chi connectivity index (χ0v) is 15.0. The minimum atomic E-state index is 0.472. The quantitative estimate of drug-likeness (QED) is 0.730. The van der Waals surface area contributed by atoms with Gasteiger partial charge in [0, 0.05) is 36.8 Å². The molecule has 0 bridgehead atoms. The molecule has 3 fully saturated rings. The Labute approximate surface area is 140 Å². The summed E-state index contributed by atoms with van der Waals surface area (Å²) in [6, 6.07) is 3.60. The molecule has 0 amide bonds. The van der Waals surface area contributed by atoms with Crippen molar-refractivity contribution >= 4 is 22.6 Å². The van der Waals surface area contributed by atoms with E-state index in [9.17, 15) is 0 Å². The normalized spacial score (nSPS) is 36.2. The Hall–Kier alpha value is -0.140. The summed E-state index contributed by atoms with van der Waals surface area (Å²) in [6.07, 6.45) is 2.77. The Morgan fingerprint density at radius 3 is 2.52 bits per heavy atom. The predicted molar refractivity (Wildman–Crippen MR) is 90.5 cm³/mol. The van der Waals surface area contributed by atoms with E-state index in [-0.39, 0.29) is 0 Å². The second-order valence-corrected chi connectivity index (χ2v) is 8.16. The van der Waals surface area contributed by atoms with Gasteiger partial charge in [0.25, 0.3) is 0 Å². The van der Waals surface area contributed by atoms with Gasteiger partial charge in [-0.2, -0.15) is 5.10 Å². The lowest BCUT2D eigenvalue weighted by Crippen LogP contribution is -2.43. The van der Waals surface area contributed by atoms with Crippen LogP contribution in [0.3, 0.4) is 0 Å². The Balaban J connectivity index is 1.44. The number of nitrogens with zero attached hydrogens (tertiary/aromatic N) is 3. The lowest BCUT2D eigenvalue weighted by atomic mass is 10.0. The molecule has 4 rings (SSSR count). The van der Waals surface area contributed by atoms with E-state index in [0.717, 1.165) is 53.8 Å². The molecular weight excluding hydrogens is 377 g/mol. The fourth-order valence-electron chi connectivity index (χ4n) is 4.53. The van der Waals surface area contributed by atoms with Gasteiger partial charge in [0.2, 0.25) is 0 Å². The number of aromatic nitrogens is 2. The second-order valence-electron chi connectivity index (χ2n) is 7.06. The molecule has 2 saturated carbocycles. The molecule has 2 heterocycles. The highest BCUT2D eigenvalue weighted by Gasteiger charge is 2.58. The van der Waals surface area contributed by atoms with Gasteiger partial charge >= 0.3 is 0 Å². The Morgan fingerprint density at radius 1 is 1.24 bits per heavy atom. The van der Waals surface area contributed by atoms with Crippen LogP contribution in [0, 0.1) is 15.5 Å².